The normalized spacial score (nSPS) is 23.5. The molecule has 5 nitrogen and oxygen atoms in total. The van der Waals surface area contributed by atoms with Crippen molar-refractivity contribution in [3.05, 3.63) is 21.7 Å². The number of hydrogen-bond donors (Lipinski definition) is 0. The van der Waals surface area contributed by atoms with Gasteiger partial charge in [-0.05, 0) is 32.3 Å². The van der Waals surface area contributed by atoms with Crippen LogP contribution in [0, 0.1) is 19.8 Å². The van der Waals surface area contributed by atoms with Crippen molar-refractivity contribution >= 4 is 23.4 Å². The molecule has 2 aliphatic rings. The van der Waals surface area contributed by atoms with Crippen LogP contribution in [0.5, 0.6) is 11.5 Å². The highest BCUT2D eigenvalue weighted by Crippen LogP contribution is 2.52. The molecular weight excluding hydrogens is 332 g/mol. The number of carbonyl (C=O) groups is 2. The Labute approximate surface area is 146 Å². The SMILES string of the molecule is COC(=O)c1c(C)c(Cl)c2c(c1C)O[C@](C)(C1CCC(=O)CC1)O2. The first kappa shape index (κ1) is 17.1. The summed E-state index contributed by atoms with van der Waals surface area (Å²) >= 11 is 6.44. The van der Waals surface area contributed by atoms with Gasteiger partial charge in [0.15, 0.2) is 11.5 Å². The Morgan fingerprint density at radius 2 is 1.75 bits per heavy atom. The van der Waals surface area contributed by atoms with E-state index < -0.39 is 11.8 Å². The summed E-state index contributed by atoms with van der Waals surface area (Å²) in [5.41, 5.74) is 1.69. The maximum Gasteiger partial charge on any atom is 0.338 e. The van der Waals surface area contributed by atoms with Crippen molar-refractivity contribution in [3.8, 4) is 11.5 Å². The van der Waals surface area contributed by atoms with Gasteiger partial charge in [-0.1, -0.05) is 11.6 Å². The molecule has 0 unspecified atom stereocenters. The molecule has 130 valence electrons. The lowest BCUT2D eigenvalue weighted by Gasteiger charge is -2.34. The zero-order valence-corrected chi connectivity index (χ0v) is 15.1. The Balaban J connectivity index is 2.00. The van der Waals surface area contributed by atoms with E-state index in [9.17, 15) is 9.59 Å². The molecule has 1 aromatic carbocycles. The highest BCUT2D eigenvalue weighted by Gasteiger charge is 2.47. The molecule has 1 aliphatic heterocycles. The van der Waals surface area contributed by atoms with Crippen molar-refractivity contribution in [2.75, 3.05) is 7.11 Å². The fraction of sp³-hybridized carbons (Fsp3) is 0.556. The average Bonchev–Trinajstić information content (AvgIpc) is 2.93. The van der Waals surface area contributed by atoms with Crippen molar-refractivity contribution in [2.24, 2.45) is 5.92 Å². The molecule has 0 bridgehead atoms. The molecule has 0 spiro atoms. The van der Waals surface area contributed by atoms with E-state index in [-0.39, 0.29) is 11.7 Å². The minimum absolute atomic E-state index is 0.0972. The highest BCUT2D eigenvalue weighted by atomic mass is 35.5. The number of ketones is 1. The topological polar surface area (TPSA) is 61.8 Å². The first-order valence-electron chi connectivity index (χ1n) is 8.09. The lowest BCUT2D eigenvalue weighted by molar-refractivity contribution is -0.135. The van der Waals surface area contributed by atoms with E-state index in [1.165, 1.54) is 7.11 Å². The summed E-state index contributed by atoms with van der Waals surface area (Å²) in [6.45, 7) is 5.43. The van der Waals surface area contributed by atoms with Crippen LogP contribution >= 0.6 is 11.6 Å². The lowest BCUT2D eigenvalue weighted by Crippen LogP contribution is -2.44. The molecule has 0 radical (unpaired) electrons. The first-order valence-corrected chi connectivity index (χ1v) is 8.47. The fourth-order valence-electron chi connectivity index (χ4n) is 3.62. The summed E-state index contributed by atoms with van der Waals surface area (Å²) in [7, 11) is 1.34. The number of benzene rings is 1. The van der Waals surface area contributed by atoms with Gasteiger partial charge in [0.2, 0.25) is 0 Å². The van der Waals surface area contributed by atoms with Crippen LogP contribution in [0.4, 0.5) is 0 Å². The third-order valence-corrected chi connectivity index (χ3v) is 5.56. The molecule has 1 saturated carbocycles. The van der Waals surface area contributed by atoms with E-state index in [0.717, 1.165) is 12.8 Å². The third kappa shape index (κ3) is 2.55. The number of methoxy groups -OCH3 is 1. The Morgan fingerprint density at radius 3 is 2.33 bits per heavy atom. The third-order valence-electron chi connectivity index (χ3n) is 5.11. The smallest absolute Gasteiger partial charge is 0.338 e. The molecule has 0 N–H and O–H groups in total. The molecule has 1 aromatic rings. The van der Waals surface area contributed by atoms with Crippen LogP contribution < -0.4 is 9.47 Å². The van der Waals surface area contributed by atoms with E-state index in [1.54, 1.807) is 13.8 Å². The van der Waals surface area contributed by atoms with Gasteiger partial charge in [0.05, 0.1) is 17.7 Å². The number of ether oxygens (including phenoxy) is 3. The number of halogens is 1. The Hall–Kier alpha value is -1.75. The molecule has 3 rings (SSSR count). The minimum Gasteiger partial charge on any atom is -0.465 e. The van der Waals surface area contributed by atoms with E-state index in [4.69, 9.17) is 25.8 Å². The van der Waals surface area contributed by atoms with Crippen LogP contribution in [0.15, 0.2) is 0 Å². The molecule has 1 fully saturated rings. The van der Waals surface area contributed by atoms with Gasteiger partial charge >= 0.3 is 5.97 Å². The van der Waals surface area contributed by atoms with Gasteiger partial charge < -0.3 is 14.2 Å². The van der Waals surface area contributed by atoms with Crippen LogP contribution in [0.25, 0.3) is 0 Å². The van der Waals surface area contributed by atoms with Crippen LogP contribution in [-0.2, 0) is 9.53 Å². The first-order chi connectivity index (χ1) is 11.3. The van der Waals surface area contributed by atoms with Crippen LogP contribution in [0.3, 0.4) is 0 Å². The maximum atomic E-state index is 12.1. The van der Waals surface area contributed by atoms with Gasteiger partial charge in [-0.2, -0.15) is 0 Å². The number of Topliss-reactive ketones (excluding diaryl/α,β-unsaturated/α-hetero) is 1. The summed E-state index contributed by atoms with van der Waals surface area (Å²) in [6.07, 6.45) is 2.54. The van der Waals surface area contributed by atoms with E-state index in [0.29, 0.717) is 46.1 Å². The number of fused-ring (bicyclic) bond motifs is 1. The van der Waals surface area contributed by atoms with Crippen molar-refractivity contribution in [3.63, 3.8) is 0 Å². The van der Waals surface area contributed by atoms with Crippen molar-refractivity contribution in [1.82, 2.24) is 0 Å². The van der Waals surface area contributed by atoms with Gasteiger partial charge in [0, 0.05) is 31.2 Å². The second-order valence-electron chi connectivity index (χ2n) is 6.62. The number of carbonyl (C=O) groups excluding carboxylic acids is 2. The van der Waals surface area contributed by atoms with Crippen molar-refractivity contribution in [2.45, 2.75) is 52.2 Å². The lowest BCUT2D eigenvalue weighted by atomic mass is 9.83. The van der Waals surface area contributed by atoms with Crippen LogP contribution in [0.1, 0.15) is 54.1 Å². The van der Waals surface area contributed by atoms with Gasteiger partial charge in [-0.25, -0.2) is 4.79 Å². The van der Waals surface area contributed by atoms with Crippen molar-refractivity contribution < 1.29 is 23.8 Å². The van der Waals surface area contributed by atoms with Gasteiger partial charge in [0.1, 0.15) is 5.78 Å². The van der Waals surface area contributed by atoms with Gasteiger partial charge in [-0.3, -0.25) is 4.79 Å². The Kier molecular flexibility index (Phi) is 4.24. The molecule has 24 heavy (non-hydrogen) atoms. The molecule has 0 aromatic heterocycles. The molecule has 0 saturated heterocycles. The fourth-order valence-corrected chi connectivity index (χ4v) is 3.84. The molecular formula is C18H21ClO5. The van der Waals surface area contributed by atoms with Crippen LogP contribution in [0.2, 0.25) is 5.02 Å². The van der Waals surface area contributed by atoms with E-state index in [2.05, 4.69) is 0 Å². The zero-order valence-electron chi connectivity index (χ0n) is 14.3. The quantitative estimate of drug-likeness (QED) is 0.753. The highest BCUT2D eigenvalue weighted by molar-refractivity contribution is 6.33. The number of rotatable bonds is 2. The summed E-state index contributed by atoms with van der Waals surface area (Å²) in [4.78, 5) is 23.6. The molecule has 0 amide bonds. The molecule has 6 heteroatoms. The Morgan fingerprint density at radius 1 is 1.17 bits per heavy atom. The summed E-state index contributed by atoms with van der Waals surface area (Å²) in [5, 5.41) is 0.367. The van der Waals surface area contributed by atoms with E-state index in [1.807, 2.05) is 6.92 Å². The number of hydrogen-bond acceptors (Lipinski definition) is 5. The van der Waals surface area contributed by atoms with Gasteiger partial charge in [-0.15, -0.1) is 0 Å². The largest absolute Gasteiger partial charge is 0.465 e. The second kappa shape index (κ2) is 5.96. The summed E-state index contributed by atoms with van der Waals surface area (Å²) in [6, 6.07) is 0. The standard InChI is InChI=1S/C18H21ClO5/c1-9-13(17(21)22-4)10(2)15-16(14(9)19)24-18(3,23-15)11-5-7-12(20)8-6-11/h11H,5-8H2,1-4H3/t18-/m0/s1. The monoisotopic (exact) mass is 352 g/mol. The van der Waals surface area contributed by atoms with Gasteiger partial charge in [0.25, 0.3) is 5.79 Å². The molecule has 1 heterocycles. The predicted molar refractivity (Wildman–Crippen MR) is 88.9 cm³/mol. The summed E-state index contributed by atoms with van der Waals surface area (Å²) in [5.74, 6) is 0.0150. The van der Waals surface area contributed by atoms with Crippen molar-refractivity contribution in [1.29, 1.82) is 0 Å². The second-order valence-corrected chi connectivity index (χ2v) is 7.00. The Bertz CT molecular complexity index is 717. The predicted octanol–water partition coefficient (Wildman–Crippen LogP) is 3.99. The number of esters is 1. The zero-order chi connectivity index (χ0) is 17.6. The average molecular weight is 353 g/mol. The minimum atomic E-state index is -0.876. The molecule has 1 atom stereocenters. The van der Waals surface area contributed by atoms with E-state index >= 15 is 0 Å². The maximum absolute atomic E-state index is 12.1. The summed E-state index contributed by atoms with van der Waals surface area (Å²) < 4.78 is 17.1. The molecule has 1 aliphatic carbocycles. The van der Waals surface area contributed by atoms with Crippen LogP contribution in [-0.4, -0.2) is 24.6 Å².